The van der Waals surface area contributed by atoms with E-state index in [0.29, 0.717) is 4.88 Å². The number of thiazole rings is 1. The van der Waals surface area contributed by atoms with Crippen molar-refractivity contribution in [3.05, 3.63) is 35.5 Å². The molecule has 8 heteroatoms. The van der Waals surface area contributed by atoms with Gasteiger partial charge in [0, 0.05) is 12.2 Å². The average Bonchev–Trinajstić information content (AvgIpc) is 2.99. The fourth-order valence-electron chi connectivity index (χ4n) is 2.21. The summed E-state index contributed by atoms with van der Waals surface area (Å²) in [6.07, 6.45) is 5.33. The van der Waals surface area contributed by atoms with Gasteiger partial charge in [0.2, 0.25) is 0 Å². The van der Waals surface area contributed by atoms with Crippen LogP contribution in [0.5, 0.6) is 0 Å². The van der Waals surface area contributed by atoms with E-state index >= 15 is 0 Å². The van der Waals surface area contributed by atoms with Crippen LogP contribution in [0.4, 0.5) is 0 Å². The Bertz CT molecular complexity index is 588. The zero-order valence-corrected chi connectivity index (χ0v) is 14.3. The molecule has 1 fully saturated rings. The van der Waals surface area contributed by atoms with Crippen LogP contribution in [0.3, 0.4) is 0 Å². The topological polar surface area (TPSA) is 66.9 Å². The second-order valence-electron chi connectivity index (χ2n) is 4.74. The van der Waals surface area contributed by atoms with Crippen LogP contribution in [-0.2, 0) is 0 Å². The van der Waals surface area contributed by atoms with E-state index in [0.717, 1.165) is 36.6 Å². The third-order valence-corrected chi connectivity index (χ3v) is 4.31. The van der Waals surface area contributed by atoms with Crippen LogP contribution in [0.1, 0.15) is 22.5 Å². The van der Waals surface area contributed by atoms with Gasteiger partial charge in [0.1, 0.15) is 9.88 Å². The number of piperidine rings is 1. The Labute approximate surface area is 145 Å². The Hall–Kier alpha value is -1.21. The Morgan fingerprint density at radius 1 is 1.23 bits per heavy atom. The van der Waals surface area contributed by atoms with E-state index in [1.165, 1.54) is 11.3 Å². The summed E-state index contributed by atoms with van der Waals surface area (Å²) in [6, 6.07) is 5.94. The normalized spacial score (nSPS) is 14.5. The van der Waals surface area contributed by atoms with Crippen molar-refractivity contribution in [3.8, 4) is 10.7 Å². The second kappa shape index (κ2) is 9.05. The van der Waals surface area contributed by atoms with Crippen LogP contribution in [0.25, 0.3) is 10.7 Å². The van der Waals surface area contributed by atoms with E-state index < -0.39 is 0 Å². The SMILES string of the molecule is Cl.Cl.O=C(NC1CCNCC1)c1cnc(-c2ccccn2)s1. The molecule has 1 aliphatic rings. The van der Waals surface area contributed by atoms with Gasteiger partial charge in [-0.1, -0.05) is 6.07 Å². The van der Waals surface area contributed by atoms with E-state index in [2.05, 4.69) is 20.6 Å². The molecule has 0 atom stereocenters. The number of carbonyl (C=O) groups excluding carboxylic acids is 1. The lowest BCUT2D eigenvalue weighted by atomic mass is 10.1. The first-order chi connectivity index (χ1) is 9.83. The minimum atomic E-state index is -0.0309. The lowest BCUT2D eigenvalue weighted by Gasteiger charge is -2.23. The third kappa shape index (κ3) is 4.64. The zero-order valence-electron chi connectivity index (χ0n) is 11.8. The number of rotatable bonds is 3. The van der Waals surface area contributed by atoms with E-state index in [9.17, 15) is 4.79 Å². The van der Waals surface area contributed by atoms with Crippen LogP contribution in [0.15, 0.2) is 30.6 Å². The number of nitrogens with one attached hydrogen (secondary N) is 2. The molecular formula is C14H18Cl2N4OS. The summed E-state index contributed by atoms with van der Waals surface area (Å²) in [5.41, 5.74) is 0.804. The van der Waals surface area contributed by atoms with Gasteiger partial charge in [0.25, 0.3) is 5.91 Å². The molecule has 1 aliphatic heterocycles. The standard InChI is InChI=1S/C14H16N4OS.2ClH/c19-13(18-10-4-7-15-8-5-10)12-9-17-14(20-12)11-3-1-2-6-16-11;;/h1-3,6,9-10,15H,4-5,7-8H2,(H,18,19);2*1H. The Morgan fingerprint density at radius 2 is 2.00 bits per heavy atom. The zero-order chi connectivity index (χ0) is 13.8. The first kappa shape index (κ1) is 18.8. The number of hydrogen-bond acceptors (Lipinski definition) is 5. The van der Waals surface area contributed by atoms with Gasteiger partial charge < -0.3 is 10.6 Å². The molecule has 0 unspecified atom stereocenters. The summed E-state index contributed by atoms with van der Waals surface area (Å²) in [6.45, 7) is 1.93. The van der Waals surface area contributed by atoms with Crippen LogP contribution in [0, 0.1) is 0 Å². The molecule has 3 rings (SSSR count). The van der Waals surface area contributed by atoms with Gasteiger partial charge in [-0.15, -0.1) is 36.2 Å². The molecule has 2 N–H and O–H groups in total. The number of halogens is 2. The number of hydrogen-bond donors (Lipinski definition) is 2. The van der Waals surface area contributed by atoms with Crippen LogP contribution in [0.2, 0.25) is 0 Å². The number of carbonyl (C=O) groups is 1. The molecule has 2 aromatic rings. The molecule has 3 heterocycles. The first-order valence-corrected chi connectivity index (χ1v) is 7.53. The first-order valence-electron chi connectivity index (χ1n) is 6.72. The van der Waals surface area contributed by atoms with Gasteiger partial charge >= 0.3 is 0 Å². The molecule has 0 bridgehead atoms. The molecule has 1 amide bonds. The summed E-state index contributed by atoms with van der Waals surface area (Å²) < 4.78 is 0. The fraction of sp³-hybridized carbons (Fsp3) is 0.357. The van der Waals surface area contributed by atoms with E-state index in [4.69, 9.17) is 0 Å². The highest BCUT2D eigenvalue weighted by molar-refractivity contribution is 7.16. The molecule has 0 aromatic carbocycles. The number of nitrogens with zero attached hydrogens (tertiary/aromatic N) is 2. The number of aromatic nitrogens is 2. The largest absolute Gasteiger partial charge is 0.348 e. The summed E-state index contributed by atoms with van der Waals surface area (Å²) >= 11 is 1.38. The van der Waals surface area contributed by atoms with Crippen molar-refractivity contribution >= 4 is 42.1 Å². The molecule has 1 saturated heterocycles. The number of pyridine rings is 1. The summed E-state index contributed by atoms with van der Waals surface area (Å²) in [5, 5.41) is 7.13. The highest BCUT2D eigenvalue weighted by atomic mass is 35.5. The summed E-state index contributed by atoms with van der Waals surface area (Å²) in [7, 11) is 0. The predicted molar refractivity (Wildman–Crippen MR) is 93.2 cm³/mol. The molecule has 120 valence electrons. The van der Waals surface area contributed by atoms with Crippen molar-refractivity contribution in [2.24, 2.45) is 0 Å². The molecule has 2 aromatic heterocycles. The van der Waals surface area contributed by atoms with E-state index in [-0.39, 0.29) is 36.8 Å². The van der Waals surface area contributed by atoms with E-state index in [1.54, 1.807) is 12.4 Å². The maximum absolute atomic E-state index is 12.2. The van der Waals surface area contributed by atoms with Crippen LogP contribution < -0.4 is 10.6 Å². The Morgan fingerprint density at radius 3 is 2.68 bits per heavy atom. The van der Waals surface area contributed by atoms with Crippen molar-refractivity contribution in [2.45, 2.75) is 18.9 Å². The molecule has 0 aliphatic carbocycles. The highest BCUT2D eigenvalue weighted by Crippen LogP contribution is 2.23. The van der Waals surface area contributed by atoms with E-state index in [1.807, 2.05) is 18.2 Å². The quantitative estimate of drug-likeness (QED) is 0.882. The van der Waals surface area contributed by atoms with Crippen molar-refractivity contribution in [1.29, 1.82) is 0 Å². The average molecular weight is 361 g/mol. The smallest absolute Gasteiger partial charge is 0.263 e. The molecule has 5 nitrogen and oxygen atoms in total. The van der Waals surface area contributed by atoms with Crippen molar-refractivity contribution < 1.29 is 4.79 Å². The van der Waals surface area contributed by atoms with Crippen molar-refractivity contribution in [1.82, 2.24) is 20.6 Å². The van der Waals surface area contributed by atoms with Crippen molar-refractivity contribution in [2.75, 3.05) is 13.1 Å². The van der Waals surface area contributed by atoms with Crippen molar-refractivity contribution in [3.63, 3.8) is 0 Å². The van der Waals surface area contributed by atoms with Crippen LogP contribution in [-0.4, -0.2) is 35.0 Å². The molecule has 0 spiro atoms. The minimum absolute atomic E-state index is 0. The Balaban J connectivity index is 0.00000121. The monoisotopic (exact) mass is 360 g/mol. The molecular weight excluding hydrogens is 343 g/mol. The maximum Gasteiger partial charge on any atom is 0.263 e. The molecule has 0 radical (unpaired) electrons. The molecule has 22 heavy (non-hydrogen) atoms. The lowest BCUT2D eigenvalue weighted by Crippen LogP contribution is -2.42. The van der Waals surface area contributed by atoms with Crippen LogP contribution >= 0.6 is 36.2 Å². The van der Waals surface area contributed by atoms with Gasteiger partial charge in [0.15, 0.2) is 0 Å². The number of amides is 1. The predicted octanol–water partition coefficient (Wildman–Crippen LogP) is 2.53. The fourth-order valence-corrected chi connectivity index (χ4v) is 3.01. The lowest BCUT2D eigenvalue weighted by molar-refractivity contribution is 0.0933. The maximum atomic E-state index is 12.2. The third-order valence-electron chi connectivity index (χ3n) is 3.29. The highest BCUT2D eigenvalue weighted by Gasteiger charge is 2.18. The van der Waals surface area contributed by atoms with Gasteiger partial charge in [-0.25, -0.2) is 4.98 Å². The second-order valence-corrected chi connectivity index (χ2v) is 5.77. The minimum Gasteiger partial charge on any atom is -0.348 e. The Kier molecular flexibility index (Phi) is 7.75. The van der Waals surface area contributed by atoms with Gasteiger partial charge in [-0.3, -0.25) is 9.78 Å². The van der Waals surface area contributed by atoms with Gasteiger partial charge in [0.05, 0.1) is 11.9 Å². The summed E-state index contributed by atoms with van der Waals surface area (Å²) in [4.78, 5) is 21.3. The molecule has 0 saturated carbocycles. The summed E-state index contributed by atoms with van der Waals surface area (Å²) in [5.74, 6) is -0.0309. The van der Waals surface area contributed by atoms with Gasteiger partial charge in [-0.05, 0) is 38.1 Å². The van der Waals surface area contributed by atoms with Gasteiger partial charge in [-0.2, -0.15) is 0 Å².